The van der Waals surface area contributed by atoms with Crippen molar-refractivity contribution in [3.8, 4) is 5.75 Å². The zero-order chi connectivity index (χ0) is 14.8. The minimum Gasteiger partial charge on any atom is -0.491 e. The first-order valence-corrected chi connectivity index (χ1v) is 6.81. The van der Waals surface area contributed by atoms with E-state index in [0.29, 0.717) is 26.1 Å². The van der Waals surface area contributed by atoms with Crippen LogP contribution in [-0.2, 0) is 4.74 Å². The van der Waals surface area contributed by atoms with Crippen LogP contribution >= 0.6 is 0 Å². The van der Waals surface area contributed by atoms with E-state index in [9.17, 15) is 10.2 Å². The van der Waals surface area contributed by atoms with E-state index in [1.165, 1.54) is 0 Å². The molecule has 0 radical (unpaired) electrons. The van der Waals surface area contributed by atoms with Crippen LogP contribution in [0.2, 0.25) is 0 Å². The Hall–Kier alpha value is -1.14. The Morgan fingerprint density at radius 1 is 1.30 bits per heavy atom. The van der Waals surface area contributed by atoms with Crippen molar-refractivity contribution in [2.75, 3.05) is 33.4 Å². The molecule has 0 heterocycles. The lowest BCUT2D eigenvalue weighted by atomic mass is 10.0. The van der Waals surface area contributed by atoms with E-state index in [0.717, 1.165) is 5.75 Å². The van der Waals surface area contributed by atoms with Gasteiger partial charge in [-0.25, -0.2) is 0 Å². The third kappa shape index (κ3) is 7.45. The van der Waals surface area contributed by atoms with E-state index in [1.807, 2.05) is 30.3 Å². The predicted octanol–water partition coefficient (Wildman–Crippen LogP) is 0.803. The van der Waals surface area contributed by atoms with E-state index in [-0.39, 0.29) is 6.61 Å². The van der Waals surface area contributed by atoms with Crippen molar-refractivity contribution in [1.82, 2.24) is 5.32 Å². The standard InChI is InChI=1S/C15H25NO4/c1-15(18,8-9-19-2)12-16-10-13(17)11-20-14-6-4-3-5-7-14/h3-7,13,16-18H,8-12H2,1-2H3. The highest BCUT2D eigenvalue weighted by molar-refractivity contribution is 5.20. The summed E-state index contributed by atoms with van der Waals surface area (Å²) in [6.45, 7) is 3.24. The van der Waals surface area contributed by atoms with Crippen molar-refractivity contribution in [3.05, 3.63) is 30.3 Å². The van der Waals surface area contributed by atoms with Crippen molar-refractivity contribution in [2.24, 2.45) is 0 Å². The quantitative estimate of drug-likeness (QED) is 0.592. The number of hydrogen-bond acceptors (Lipinski definition) is 5. The highest BCUT2D eigenvalue weighted by Gasteiger charge is 2.19. The summed E-state index contributed by atoms with van der Waals surface area (Å²) < 4.78 is 10.4. The Morgan fingerprint density at radius 2 is 2.00 bits per heavy atom. The molecule has 1 aromatic rings. The molecule has 0 saturated heterocycles. The van der Waals surface area contributed by atoms with Gasteiger partial charge in [-0.05, 0) is 19.1 Å². The minimum absolute atomic E-state index is 0.219. The number of para-hydroxylation sites is 1. The molecular weight excluding hydrogens is 258 g/mol. The molecule has 20 heavy (non-hydrogen) atoms. The monoisotopic (exact) mass is 283 g/mol. The first-order valence-electron chi connectivity index (χ1n) is 6.81. The summed E-state index contributed by atoms with van der Waals surface area (Å²) in [5.74, 6) is 0.735. The second-order valence-corrected chi connectivity index (χ2v) is 5.15. The molecule has 2 atom stereocenters. The Morgan fingerprint density at radius 3 is 2.65 bits per heavy atom. The maximum Gasteiger partial charge on any atom is 0.119 e. The van der Waals surface area contributed by atoms with Gasteiger partial charge in [0.25, 0.3) is 0 Å². The fraction of sp³-hybridized carbons (Fsp3) is 0.600. The van der Waals surface area contributed by atoms with Gasteiger partial charge in [0.2, 0.25) is 0 Å². The van der Waals surface area contributed by atoms with Gasteiger partial charge in [0.15, 0.2) is 0 Å². The number of rotatable bonds is 10. The third-order valence-electron chi connectivity index (χ3n) is 2.92. The smallest absolute Gasteiger partial charge is 0.119 e. The second kappa shape index (κ2) is 8.92. The van der Waals surface area contributed by atoms with Crippen LogP contribution in [0.1, 0.15) is 13.3 Å². The van der Waals surface area contributed by atoms with Crippen molar-refractivity contribution in [1.29, 1.82) is 0 Å². The van der Waals surface area contributed by atoms with Gasteiger partial charge in [-0.15, -0.1) is 0 Å². The molecule has 0 bridgehead atoms. The van der Waals surface area contributed by atoms with Gasteiger partial charge in [0.1, 0.15) is 18.5 Å². The van der Waals surface area contributed by atoms with Crippen LogP contribution in [0.25, 0.3) is 0 Å². The molecule has 0 aliphatic rings. The molecule has 2 unspecified atom stereocenters. The Kier molecular flexibility index (Phi) is 7.54. The van der Waals surface area contributed by atoms with Gasteiger partial charge in [0, 0.05) is 33.2 Å². The molecule has 1 aromatic carbocycles. The number of benzene rings is 1. The number of methoxy groups -OCH3 is 1. The normalized spacial score (nSPS) is 15.6. The topological polar surface area (TPSA) is 71.0 Å². The van der Waals surface area contributed by atoms with Crippen LogP contribution in [0.3, 0.4) is 0 Å². The van der Waals surface area contributed by atoms with Crippen LogP contribution in [-0.4, -0.2) is 55.3 Å². The van der Waals surface area contributed by atoms with E-state index in [2.05, 4.69) is 5.32 Å². The molecule has 0 aliphatic carbocycles. The maximum atomic E-state index is 10.0. The average molecular weight is 283 g/mol. The highest BCUT2D eigenvalue weighted by atomic mass is 16.5. The minimum atomic E-state index is -0.837. The van der Waals surface area contributed by atoms with Gasteiger partial charge in [-0.3, -0.25) is 0 Å². The molecule has 114 valence electrons. The molecule has 0 saturated carbocycles. The molecule has 5 heteroatoms. The fourth-order valence-electron chi connectivity index (χ4n) is 1.69. The van der Waals surface area contributed by atoms with E-state index >= 15 is 0 Å². The molecule has 1 rings (SSSR count). The highest BCUT2D eigenvalue weighted by Crippen LogP contribution is 2.09. The number of aliphatic hydroxyl groups excluding tert-OH is 1. The largest absolute Gasteiger partial charge is 0.491 e. The SMILES string of the molecule is COCCC(C)(O)CNCC(O)COc1ccccc1. The van der Waals surface area contributed by atoms with Crippen molar-refractivity contribution >= 4 is 0 Å². The lowest BCUT2D eigenvalue weighted by molar-refractivity contribution is 0.0208. The lowest BCUT2D eigenvalue weighted by Gasteiger charge is -2.24. The van der Waals surface area contributed by atoms with Gasteiger partial charge in [-0.2, -0.15) is 0 Å². The number of ether oxygens (including phenoxy) is 2. The number of nitrogens with one attached hydrogen (secondary N) is 1. The molecule has 0 aliphatic heterocycles. The van der Waals surface area contributed by atoms with Crippen molar-refractivity contribution in [3.63, 3.8) is 0 Å². The molecular formula is C15H25NO4. The Bertz CT molecular complexity index is 356. The number of aliphatic hydroxyl groups is 2. The van der Waals surface area contributed by atoms with Gasteiger partial charge in [0.05, 0.1) is 5.60 Å². The summed E-state index contributed by atoms with van der Waals surface area (Å²) in [6, 6.07) is 9.36. The van der Waals surface area contributed by atoms with Crippen LogP contribution < -0.4 is 10.1 Å². The zero-order valence-corrected chi connectivity index (χ0v) is 12.2. The zero-order valence-electron chi connectivity index (χ0n) is 12.2. The first-order chi connectivity index (χ1) is 9.53. The van der Waals surface area contributed by atoms with Gasteiger partial charge in [-0.1, -0.05) is 18.2 Å². The predicted molar refractivity (Wildman–Crippen MR) is 77.9 cm³/mol. The Labute approximate surface area is 120 Å². The fourth-order valence-corrected chi connectivity index (χ4v) is 1.69. The average Bonchev–Trinajstić information content (AvgIpc) is 2.44. The number of hydrogen-bond donors (Lipinski definition) is 3. The van der Waals surface area contributed by atoms with Crippen molar-refractivity contribution in [2.45, 2.75) is 25.0 Å². The lowest BCUT2D eigenvalue weighted by Crippen LogP contribution is -2.42. The van der Waals surface area contributed by atoms with Gasteiger partial charge >= 0.3 is 0 Å². The van der Waals surface area contributed by atoms with Crippen LogP contribution in [0, 0.1) is 0 Å². The summed E-state index contributed by atoms with van der Waals surface area (Å²) >= 11 is 0. The summed E-state index contributed by atoms with van der Waals surface area (Å²) in [5.41, 5.74) is -0.837. The summed E-state index contributed by atoms with van der Waals surface area (Å²) in [6.07, 6.45) is -0.0685. The molecule has 0 spiro atoms. The van der Waals surface area contributed by atoms with Crippen LogP contribution in [0.5, 0.6) is 5.75 Å². The molecule has 0 amide bonds. The van der Waals surface area contributed by atoms with Crippen molar-refractivity contribution < 1.29 is 19.7 Å². The van der Waals surface area contributed by atoms with Crippen LogP contribution in [0.4, 0.5) is 0 Å². The maximum absolute atomic E-state index is 10.0. The molecule has 3 N–H and O–H groups in total. The second-order valence-electron chi connectivity index (χ2n) is 5.15. The Balaban J connectivity index is 2.15. The van der Waals surface area contributed by atoms with Crippen LogP contribution in [0.15, 0.2) is 30.3 Å². The van der Waals surface area contributed by atoms with E-state index < -0.39 is 11.7 Å². The molecule has 5 nitrogen and oxygen atoms in total. The summed E-state index contributed by atoms with van der Waals surface area (Å²) in [5, 5.41) is 22.8. The van der Waals surface area contributed by atoms with E-state index in [1.54, 1.807) is 14.0 Å². The van der Waals surface area contributed by atoms with Gasteiger partial charge < -0.3 is 25.0 Å². The summed E-state index contributed by atoms with van der Waals surface area (Å²) in [7, 11) is 1.61. The molecule has 0 fully saturated rings. The third-order valence-corrected chi connectivity index (χ3v) is 2.92. The first kappa shape index (κ1) is 16.9. The molecule has 0 aromatic heterocycles. The summed E-state index contributed by atoms with van der Waals surface area (Å²) in [4.78, 5) is 0. The van der Waals surface area contributed by atoms with E-state index in [4.69, 9.17) is 9.47 Å².